The first-order chi connectivity index (χ1) is 14.1. The minimum atomic E-state index is -0.984. The average molecular weight is 412 g/mol. The second-order valence-corrected chi connectivity index (χ2v) is 8.27. The smallest absolute Gasteiger partial charge is 0.309 e. The van der Waals surface area contributed by atoms with Gasteiger partial charge >= 0.3 is 5.97 Å². The van der Waals surface area contributed by atoms with Gasteiger partial charge in [0, 0.05) is 30.4 Å². The van der Waals surface area contributed by atoms with Crippen molar-refractivity contribution in [3.05, 3.63) is 51.9 Å². The molecule has 0 unspecified atom stereocenters. The quantitative estimate of drug-likeness (QED) is 0.622. The van der Waals surface area contributed by atoms with Gasteiger partial charge in [-0.15, -0.1) is 0 Å². The van der Waals surface area contributed by atoms with E-state index in [1.54, 1.807) is 24.7 Å². The van der Waals surface area contributed by atoms with Crippen molar-refractivity contribution in [1.82, 2.24) is 14.1 Å². The molecule has 2 N–H and O–H groups in total. The zero-order valence-corrected chi connectivity index (χ0v) is 18.1. The van der Waals surface area contributed by atoms with E-state index in [1.807, 2.05) is 24.3 Å². The van der Waals surface area contributed by atoms with E-state index in [-0.39, 0.29) is 11.6 Å². The fourth-order valence-electron chi connectivity index (χ4n) is 3.92. The highest BCUT2D eigenvalue weighted by molar-refractivity contribution is 5.81. The van der Waals surface area contributed by atoms with Crippen LogP contribution in [0.1, 0.15) is 44.4 Å². The van der Waals surface area contributed by atoms with Crippen LogP contribution in [-0.2, 0) is 18.3 Å². The molecular weight excluding hydrogens is 382 g/mol. The van der Waals surface area contributed by atoms with E-state index in [1.165, 1.54) is 6.92 Å². The van der Waals surface area contributed by atoms with Crippen LogP contribution in [0.5, 0.6) is 0 Å². The number of hydrogen-bond acceptors (Lipinski definition) is 4. The number of aromatic nitrogens is 3. The van der Waals surface area contributed by atoms with Gasteiger partial charge in [-0.1, -0.05) is 6.07 Å². The molecule has 2 heterocycles. The van der Waals surface area contributed by atoms with Gasteiger partial charge in [0.15, 0.2) is 0 Å². The highest BCUT2D eigenvalue weighted by atomic mass is 16.4. The summed E-state index contributed by atoms with van der Waals surface area (Å²) < 4.78 is 3.72. The number of benzene rings is 1. The summed E-state index contributed by atoms with van der Waals surface area (Å²) in [6.45, 7) is 7.49. The molecule has 0 radical (unpaired) electrons. The lowest BCUT2D eigenvalue weighted by atomic mass is 9.95. The number of pyridine rings is 1. The van der Waals surface area contributed by atoms with Crippen LogP contribution in [0.3, 0.4) is 0 Å². The van der Waals surface area contributed by atoms with Gasteiger partial charge in [0.25, 0.3) is 5.56 Å². The molecular formula is C23H29N3O4. The fourth-order valence-corrected chi connectivity index (χ4v) is 3.92. The summed E-state index contributed by atoms with van der Waals surface area (Å²) in [6, 6.07) is 8.00. The van der Waals surface area contributed by atoms with Gasteiger partial charge in [0.2, 0.25) is 0 Å². The third-order valence-electron chi connectivity index (χ3n) is 5.53. The van der Waals surface area contributed by atoms with E-state index in [0.29, 0.717) is 18.4 Å². The molecule has 3 aromatic rings. The van der Waals surface area contributed by atoms with Crippen LogP contribution in [0.2, 0.25) is 0 Å². The number of aryl methyl sites for hydroxylation is 3. The maximum atomic E-state index is 12.1. The number of aliphatic hydroxyl groups is 1. The molecule has 0 aliphatic rings. The molecule has 7 heteroatoms. The molecule has 0 aliphatic heterocycles. The monoisotopic (exact) mass is 411 g/mol. The molecule has 2 aromatic heterocycles. The second-order valence-electron chi connectivity index (χ2n) is 8.27. The lowest BCUT2D eigenvalue weighted by Crippen LogP contribution is -2.26. The van der Waals surface area contributed by atoms with Crippen molar-refractivity contribution in [2.75, 3.05) is 0 Å². The Labute approximate surface area is 175 Å². The fraction of sp³-hybridized carbons (Fsp3) is 0.435. The molecule has 0 bridgehead atoms. The Morgan fingerprint density at radius 2 is 1.90 bits per heavy atom. The summed E-state index contributed by atoms with van der Waals surface area (Å²) in [5, 5.41) is 19.0. The lowest BCUT2D eigenvalue weighted by molar-refractivity contribution is -0.145. The molecule has 0 amide bonds. The van der Waals surface area contributed by atoms with Crippen LogP contribution < -0.4 is 5.56 Å². The molecule has 0 fully saturated rings. The van der Waals surface area contributed by atoms with E-state index in [0.717, 1.165) is 28.0 Å². The minimum Gasteiger partial charge on any atom is -0.481 e. The average Bonchev–Trinajstić information content (AvgIpc) is 3.04. The number of nitrogens with zero attached hydrogens (tertiary/aromatic N) is 3. The van der Waals surface area contributed by atoms with Crippen molar-refractivity contribution < 1.29 is 15.0 Å². The Balaban J connectivity index is 2.03. The van der Waals surface area contributed by atoms with Crippen molar-refractivity contribution in [2.24, 2.45) is 13.0 Å². The van der Waals surface area contributed by atoms with Gasteiger partial charge in [0.05, 0.1) is 23.1 Å². The third kappa shape index (κ3) is 4.16. The lowest BCUT2D eigenvalue weighted by Gasteiger charge is -2.15. The maximum absolute atomic E-state index is 12.1. The van der Waals surface area contributed by atoms with E-state index in [9.17, 15) is 19.8 Å². The zero-order chi connectivity index (χ0) is 22.2. The maximum Gasteiger partial charge on any atom is 0.309 e. The van der Waals surface area contributed by atoms with Crippen molar-refractivity contribution in [2.45, 2.75) is 52.7 Å². The number of carboxylic acid groups (broad SMARTS) is 1. The summed E-state index contributed by atoms with van der Waals surface area (Å²) >= 11 is 0. The van der Waals surface area contributed by atoms with Crippen LogP contribution in [-0.4, -0.2) is 36.4 Å². The Hall–Kier alpha value is -2.93. The molecule has 2 atom stereocenters. The van der Waals surface area contributed by atoms with Gasteiger partial charge < -0.3 is 19.3 Å². The Morgan fingerprint density at radius 1 is 1.20 bits per heavy atom. The minimum absolute atomic E-state index is 0.0284. The first kappa shape index (κ1) is 21.8. The SMILES string of the molecule is Cc1cc(-c2nc3cc(CC[C@H](C(=O)O)[C@@H](C)O)ccc3n2C(C)C)cn(C)c1=O. The zero-order valence-electron chi connectivity index (χ0n) is 18.1. The predicted octanol–water partition coefficient (Wildman–Crippen LogP) is 3.31. The van der Waals surface area contributed by atoms with Crippen molar-refractivity contribution in [1.29, 1.82) is 0 Å². The number of carbonyl (C=O) groups is 1. The Morgan fingerprint density at radius 3 is 2.47 bits per heavy atom. The summed E-state index contributed by atoms with van der Waals surface area (Å²) in [5.41, 5.74) is 4.30. The largest absolute Gasteiger partial charge is 0.481 e. The van der Waals surface area contributed by atoms with Crippen molar-refractivity contribution >= 4 is 17.0 Å². The van der Waals surface area contributed by atoms with Gasteiger partial charge in [-0.3, -0.25) is 9.59 Å². The summed E-state index contributed by atoms with van der Waals surface area (Å²) in [7, 11) is 1.74. The van der Waals surface area contributed by atoms with Gasteiger partial charge in [-0.25, -0.2) is 4.98 Å². The Kier molecular flexibility index (Phi) is 6.12. The van der Waals surface area contributed by atoms with E-state index in [4.69, 9.17) is 4.98 Å². The summed E-state index contributed by atoms with van der Waals surface area (Å²) in [6.07, 6.45) is 1.80. The van der Waals surface area contributed by atoms with Gasteiger partial charge in [0.1, 0.15) is 5.82 Å². The number of carboxylic acids is 1. The first-order valence-corrected chi connectivity index (χ1v) is 10.2. The molecule has 1 aromatic carbocycles. The van der Waals surface area contributed by atoms with Crippen LogP contribution in [0, 0.1) is 12.8 Å². The van der Waals surface area contributed by atoms with Crippen molar-refractivity contribution in [3.8, 4) is 11.4 Å². The molecule has 0 aliphatic carbocycles. The number of imidazole rings is 1. The molecule has 0 saturated carbocycles. The summed E-state index contributed by atoms with van der Waals surface area (Å²) in [5.74, 6) is -0.983. The number of aliphatic hydroxyl groups excluding tert-OH is 1. The highest BCUT2D eigenvalue weighted by Gasteiger charge is 2.23. The molecule has 7 nitrogen and oxygen atoms in total. The third-order valence-corrected chi connectivity index (χ3v) is 5.53. The molecule has 160 valence electrons. The molecule has 3 rings (SSSR count). The number of fused-ring (bicyclic) bond motifs is 1. The molecule has 0 spiro atoms. The van der Waals surface area contributed by atoms with E-state index >= 15 is 0 Å². The van der Waals surface area contributed by atoms with E-state index in [2.05, 4.69) is 18.4 Å². The summed E-state index contributed by atoms with van der Waals surface area (Å²) in [4.78, 5) is 28.3. The van der Waals surface area contributed by atoms with Gasteiger partial charge in [-0.2, -0.15) is 0 Å². The first-order valence-electron chi connectivity index (χ1n) is 10.2. The van der Waals surface area contributed by atoms with E-state index < -0.39 is 18.0 Å². The number of hydrogen-bond donors (Lipinski definition) is 2. The standard InChI is InChI=1S/C23H29N3O4/c1-13(2)26-20-9-7-16(6-8-18(15(4)27)23(29)30)11-19(20)24-21(26)17-10-14(3)22(28)25(5)12-17/h7,9-13,15,18,27H,6,8H2,1-5H3,(H,29,30)/t15-,18+/m1/s1. The van der Waals surface area contributed by atoms with Crippen LogP contribution in [0.4, 0.5) is 0 Å². The molecule has 30 heavy (non-hydrogen) atoms. The number of rotatable bonds is 7. The van der Waals surface area contributed by atoms with Crippen LogP contribution in [0.25, 0.3) is 22.4 Å². The second kappa shape index (κ2) is 8.44. The topological polar surface area (TPSA) is 97.3 Å². The van der Waals surface area contributed by atoms with Crippen molar-refractivity contribution in [3.63, 3.8) is 0 Å². The highest BCUT2D eigenvalue weighted by Crippen LogP contribution is 2.29. The number of aliphatic carboxylic acids is 1. The Bertz CT molecular complexity index is 1120. The normalized spacial score (nSPS) is 13.7. The van der Waals surface area contributed by atoms with Crippen LogP contribution in [0.15, 0.2) is 35.3 Å². The van der Waals surface area contributed by atoms with Crippen LogP contribution >= 0.6 is 0 Å². The van der Waals surface area contributed by atoms with Gasteiger partial charge in [-0.05, 0) is 64.3 Å². The molecule has 0 saturated heterocycles. The predicted molar refractivity (Wildman–Crippen MR) is 117 cm³/mol.